The van der Waals surface area contributed by atoms with E-state index in [9.17, 15) is 0 Å². The Balaban J connectivity index is 2.42. The van der Waals surface area contributed by atoms with E-state index in [-0.39, 0.29) is 0 Å². The van der Waals surface area contributed by atoms with Crippen LogP contribution in [0.15, 0.2) is 22.7 Å². The van der Waals surface area contributed by atoms with E-state index in [1.807, 2.05) is 0 Å². The van der Waals surface area contributed by atoms with Crippen LogP contribution >= 0.6 is 38.5 Å². The first kappa shape index (κ1) is 8.05. The maximum absolute atomic E-state index is 3.57. The van der Waals surface area contributed by atoms with Crippen molar-refractivity contribution in [1.29, 1.82) is 0 Å². The van der Waals surface area contributed by atoms with Gasteiger partial charge in [-0.3, -0.25) is 0 Å². The quantitative estimate of drug-likeness (QED) is 0.687. The van der Waals surface area contributed by atoms with Gasteiger partial charge in [0.05, 0.1) is 0 Å². The average molecular weight is 323 g/mol. The van der Waals surface area contributed by atoms with Crippen molar-refractivity contribution in [2.75, 3.05) is 0 Å². The second-order valence-electron chi connectivity index (χ2n) is 2.94. The lowest BCUT2D eigenvalue weighted by Crippen LogP contribution is -1.82. The van der Waals surface area contributed by atoms with Crippen LogP contribution < -0.4 is 0 Å². The predicted octanol–water partition coefficient (Wildman–Crippen LogP) is 3.93. The fourth-order valence-electron chi connectivity index (χ4n) is 1.22. The minimum absolute atomic E-state index is 0.846. The van der Waals surface area contributed by atoms with Crippen molar-refractivity contribution in [3.63, 3.8) is 0 Å². The fraction of sp³-hybridized carbons (Fsp3) is 0.333. The molecule has 0 nitrogen and oxygen atoms in total. The first-order valence-corrected chi connectivity index (χ1v) is 5.59. The second kappa shape index (κ2) is 3.05. The predicted molar refractivity (Wildman–Crippen MR) is 58.8 cm³/mol. The lowest BCUT2D eigenvalue weighted by molar-refractivity contribution is 1.11. The Morgan fingerprint density at radius 1 is 1.36 bits per heavy atom. The van der Waals surface area contributed by atoms with Gasteiger partial charge in [-0.2, -0.15) is 0 Å². The number of rotatable bonds is 1. The maximum Gasteiger partial charge on any atom is 0.0210 e. The molecule has 1 aliphatic carbocycles. The highest BCUT2D eigenvalue weighted by Crippen LogP contribution is 2.43. The monoisotopic (exact) mass is 322 g/mol. The van der Waals surface area contributed by atoms with Crippen LogP contribution in [0.4, 0.5) is 0 Å². The summed E-state index contributed by atoms with van der Waals surface area (Å²) in [7, 11) is 0. The van der Waals surface area contributed by atoms with Gasteiger partial charge in [0, 0.05) is 8.04 Å². The summed E-state index contributed by atoms with van der Waals surface area (Å²) < 4.78 is 2.62. The van der Waals surface area contributed by atoms with E-state index in [2.05, 4.69) is 56.7 Å². The van der Waals surface area contributed by atoms with E-state index in [0.717, 1.165) is 5.92 Å². The Bertz CT molecular complexity index is 279. The van der Waals surface area contributed by atoms with Gasteiger partial charge in [0.25, 0.3) is 0 Å². The minimum Gasteiger partial charge on any atom is -0.0505 e. The van der Waals surface area contributed by atoms with Gasteiger partial charge < -0.3 is 0 Å². The van der Waals surface area contributed by atoms with Crippen LogP contribution in [0.3, 0.4) is 0 Å². The van der Waals surface area contributed by atoms with Crippen molar-refractivity contribution in [2.45, 2.75) is 18.8 Å². The molecule has 0 N–H and O–H groups in total. The van der Waals surface area contributed by atoms with Gasteiger partial charge in [0.15, 0.2) is 0 Å². The molecule has 2 heteroatoms. The largest absolute Gasteiger partial charge is 0.0505 e. The molecule has 0 heterocycles. The van der Waals surface area contributed by atoms with Crippen LogP contribution in [0.1, 0.15) is 24.3 Å². The van der Waals surface area contributed by atoms with Crippen LogP contribution in [0.2, 0.25) is 0 Å². The van der Waals surface area contributed by atoms with E-state index < -0.39 is 0 Å². The number of hydrogen-bond acceptors (Lipinski definition) is 0. The molecule has 58 valence electrons. The smallest absolute Gasteiger partial charge is 0.0210 e. The first-order chi connectivity index (χ1) is 5.27. The molecular formula is C9H8BrI. The first-order valence-electron chi connectivity index (χ1n) is 3.72. The van der Waals surface area contributed by atoms with Crippen LogP contribution in [0.5, 0.6) is 0 Å². The Hall–Kier alpha value is 0.430. The molecule has 0 radical (unpaired) electrons. The Morgan fingerprint density at radius 3 is 2.73 bits per heavy atom. The van der Waals surface area contributed by atoms with Crippen molar-refractivity contribution in [2.24, 2.45) is 0 Å². The summed E-state index contributed by atoms with van der Waals surface area (Å²) in [5.74, 6) is 0.846. The highest BCUT2D eigenvalue weighted by molar-refractivity contribution is 14.1. The summed E-state index contributed by atoms with van der Waals surface area (Å²) in [6.45, 7) is 0. The molecule has 0 aromatic heterocycles. The fourth-order valence-corrected chi connectivity index (χ4v) is 2.31. The van der Waals surface area contributed by atoms with Crippen molar-refractivity contribution in [3.05, 3.63) is 31.8 Å². The van der Waals surface area contributed by atoms with Gasteiger partial charge >= 0.3 is 0 Å². The van der Waals surface area contributed by atoms with Gasteiger partial charge in [0.2, 0.25) is 0 Å². The topological polar surface area (TPSA) is 0 Å². The molecule has 1 aliphatic rings. The SMILES string of the molecule is Brc1ccc(I)cc1C1CC1. The Kier molecular flexibility index (Phi) is 2.23. The van der Waals surface area contributed by atoms with Gasteiger partial charge in [-0.15, -0.1) is 0 Å². The number of benzene rings is 1. The van der Waals surface area contributed by atoms with Crippen LogP contribution in [0.25, 0.3) is 0 Å². The minimum atomic E-state index is 0.846. The third kappa shape index (κ3) is 1.78. The molecule has 0 unspecified atom stereocenters. The Labute approximate surface area is 88.6 Å². The summed E-state index contributed by atoms with van der Waals surface area (Å²) >= 11 is 5.93. The normalized spacial score (nSPS) is 16.9. The third-order valence-electron chi connectivity index (χ3n) is 1.98. The maximum atomic E-state index is 3.57. The van der Waals surface area contributed by atoms with Gasteiger partial charge in [-0.25, -0.2) is 0 Å². The van der Waals surface area contributed by atoms with Crippen LogP contribution in [-0.2, 0) is 0 Å². The van der Waals surface area contributed by atoms with Crippen molar-refractivity contribution in [3.8, 4) is 0 Å². The summed E-state index contributed by atoms with van der Waals surface area (Å²) in [5, 5.41) is 0. The summed E-state index contributed by atoms with van der Waals surface area (Å²) in [4.78, 5) is 0. The molecule has 2 rings (SSSR count). The molecule has 0 aliphatic heterocycles. The molecule has 0 amide bonds. The van der Waals surface area contributed by atoms with Crippen LogP contribution in [0, 0.1) is 3.57 Å². The standard InChI is InChI=1S/C9H8BrI/c10-9-4-3-7(11)5-8(9)6-1-2-6/h3-6H,1-2H2. The third-order valence-corrected chi connectivity index (χ3v) is 3.37. The van der Waals surface area contributed by atoms with E-state index in [1.165, 1.54) is 26.4 Å². The van der Waals surface area contributed by atoms with E-state index in [1.54, 1.807) is 0 Å². The van der Waals surface area contributed by atoms with Gasteiger partial charge in [-0.1, -0.05) is 15.9 Å². The molecular weight excluding hydrogens is 315 g/mol. The van der Waals surface area contributed by atoms with Crippen molar-refractivity contribution < 1.29 is 0 Å². The van der Waals surface area contributed by atoms with Crippen LogP contribution in [-0.4, -0.2) is 0 Å². The summed E-state index contributed by atoms with van der Waals surface area (Å²) in [6.07, 6.45) is 2.75. The molecule has 1 saturated carbocycles. The van der Waals surface area contributed by atoms with Crippen molar-refractivity contribution in [1.82, 2.24) is 0 Å². The number of halogens is 2. The number of hydrogen-bond donors (Lipinski definition) is 0. The highest BCUT2D eigenvalue weighted by atomic mass is 127. The zero-order chi connectivity index (χ0) is 7.84. The molecule has 1 aromatic carbocycles. The molecule has 11 heavy (non-hydrogen) atoms. The second-order valence-corrected chi connectivity index (χ2v) is 5.04. The molecule has 0 spiro atoms. The highest BCUT2D eigenvalue weighted by Gasteiger charge is 2.25. The lowest BCUT2D eigenvalue weighted by atomic mass is 10.1. The van der Waals surface area contributed by atoms with Crippen molar-refractivity contribution >= 4 is 38.5 Å². The summed E-state index contributed by atoms with van der Waals surface area (Å²) in [6, 6.07) is 6.56. The molecule has 1 aromatic rings. The summed E-state index contributed by atoms with van der Waals surface area (Å²) in [5.41, 5.74) is 1.50. The van der Waals surface area contributed by atoms with E-state index >= 15 is 0 Å². The lowest BCUT2D eigenvalue weighted by Gasteiger charge is -2.01. The van der Waals surface area contributed by atoms with E-state index in [0.29, 0.717) is 0 Å². The molecule has 0 saturated heterocycles. The van der Waals surface area contributed by atoms with Gasteiger partial charge in [-0.05, 0) is 65.1 Å². The zero-order valence-electron chi connectivity index (χ0n) is 5.98. The van der Waals surface area contributed by atoms with E-state index in [4.69, 9.17) is 0 Å². The average Bonchev–Trinajstić information content (AvgIpc) is 2.76. The molecule has 0 atom stereocenters. The van der Waals surface area contributed by atoms with Gasteiger partial charge in [0.1, 0.15) is 0 Å². The molecule has 0 bridgehead atoms. The molecule has 1 fully saturated rings. The Morgan fingerprint density at radius 2 is 2.09 bits per heavy atom. The zero-order valence-corrected chi connectivity index (χ0v) is 9.72.